The van der Waals surface area contributed by atoms with Gasteiger partial charge in [-0.3, -0.25) is 9.69 Å². The van der Waals surface area contributed by atoms with Crippen molar-refractivity contribution in [1.82, 2.24) is 24.8 Å². The smallest absolute Gasteiger partial charge is 0.433 e. The Morgan fingerprint density at radius 3 is 2.57 bits per heavy atom. The minimum Gasteiger partial charge on any atom is -0.493 e. The number of hydrogen-bond acceptors (Lipinski definition) is 7. The average molecular weight is 493 g/mol. The zero-order chi connectivity index (χ0) is 25.0. The molecule has 0 saturated carbocycles. The fourth-order valence-electron chi connectivity index (χ4n) is 3.89. The minimum absolute atomic E-state index is 0.0210. The fraction of sp³-hybridized carbons (Fsp3) is 0.435. The number of benzene rings is 1. The number of rotatable bonds is 8. The summed E-state index contributed by atoms with van der Waals surface area (Å²) in [6.45, 7) is 4.21. The minimum atomic E-state index is -4.72. The molecular formula is C23H26F3N5O4. The van der Waals surface area contributed by atoms with Crippen molar-refractivity contribution in [1.29, 1.82) is 0 Å². The van der Waals surface area contributed by atoms with Gasteiger partial charge >= 0.3 is 6.18 Å². The van der Waals surface area contributed by atoms with Crippen LogP contribution in [0, 0.1) is 0 Å². The summed E-state index contributed by atoms with van der Waals surface area (Å²) in [4.78, 5) is 19.4. The zero-order valence-corrected chi connectivity index (χ0v) is 19.4. The number of carbonyl (C=O) groups is 1. The molecule has 1 aliphatic rings. The first-order chi connectivity index (χ1) is 16.8. The molecule has 35 heavy (non-hydrogen) atoms. The van der Waals surface area contributed by atoms with Gasteiger partial charge < -0.3 is 19.5 Å². The number of fused-ring (bicyclic) bond motifs is 1. The maximum absolute atomic E-state index is 13.9. The van der Waals surface area contributed by atoms with Crippen molar-refractivity contribution < 1.29 is 32.2 Å². The van der Waals surface area contributed by atoms with Crippen LogP contribution < -0.4 is 14.8 Å². The Kier molecular flexibility index (Phi) is 7.41. The summed E-state index contributed by atoms with van der Waals surface area (Å²) in [5.41, 5.74) is -0.875. The van der Waals surface area contributed by atoms with Crippen molar-refractivity contribution in [3.8, 4) is 22.8 Å². The highest BCUT2D eigenvalue weighted by atomic mass is 19.4. The molecular weight excluding hydrogens is 467 g/mol. The Bertz CT molecular complexity index is 1190. The molecule has 9 nitrogen and oxygen atoms in total. The van der Waals surface area contributed by atoms with E-state index in [4.69, 9.17) is 14.2 Å². The highest BCUT2D eigenvalue weighted by Crippen LogP contribution is 2.35. The van der Waals surface area contributed by atoms with Crippen LogP contribution in [0.5, 0.6) is 11.5 Å². The molecule has 1 aromatic carbocycles. The maximum atomic E-state index is 13.9. The van der Waals surface area contributed by atoms with E-state index in [1.165, 1.54) is 20.3 Å². The van der Waals surface area contributed by atoms with Gasteiger partial charge in [-0.25, -0.2) is 9.50 Å². The van der Waals surface area contributed by atoms with E-state index in [0.29, 0.717) is 47.8 Å². The fourth-order valence-corrected chi connectivity index (χ4v) is 3.89. The van der Waals surface area contributed by atoms with Gasteiger partial charge in [-0.05, 0) is 37.2 Å². The van der Waals surface area contributed by atoms with E-state index >= 15 is 0 Å². The Labute approximate surface area is 199 Å². The lowest BCUT2D eigenvalue weighted by Gasteiger charge is -2.26. The van der Waals surface area contributed by atoms with Gasteiger partial charge in [0, 0.05) is 25.2 Å². The van der Waals surface area contributed by atoms with Crippen molar-refractivity contribution in [3.05, 3.63) is 41.7 Å². The number of nitrogens with zero attached hydrogens (tertiary/aromatic N) is 4. The van der Waals surface area contributed by atoms with Crippen LogP contribution in [0.3, 0.4) is 0 Å². The van der Waals surface area contributed by atoms with Crippen molar-refractivity contribution in [2.45, 2.75) is 12.6 Å². The van der Waals surface area contributed by atoms with Crippen molar-refractivity contribution in [2.24, 2.45) is 0 Å². The Morgan fingerprint density at radius 1 is 1.14 bits per heavy atom. The van der Waals surface area contributed by atoms with E-state index < -0.39 is 17.8 Å². The molecule has 0 spiro atoms. The number of halogens is 3. The summed E-state index contributed by atoms with van der Waals surface area (Å²) >= 11 is 0. The van der Waals surface area contributed by atoms with Crippen LogP contribution in [0.25, 0.3) is 16.9 Å². The van der Waals surface area contributed by atoms with E-state index in [0.717, 1.165) is 31.9 Å². The van der Waals surface area contributed by atoms with Gasteiger partial charge in [-0.15, -0.1) is 0 Å². The van der Waals surface area contributed by atoms with E-state index in [1.54, 1.807) is 12.1 Å². The second-order valence-electron chi connectivity index (χ2n) is 7.95. The lowest BCUT2D eigenvalue weighted by Crippen LogP contribution is -2.38. The van der Waals surface area contributed by atoms with Gasteiger partial charge in [0.05, 0.1) is 39.3 Å². The van der Waals surface area contributed by atoms with E-state index in [9.17, 15) is 18.0 Å². The highest BCUT2D eigenvalue weighted by Gasteiger charge is 2.36. The number of carbonyl (C=O) groups excluding carboxylic acids is 1. The summed E-state index contributed by atoms with van der Waals surface area (Å²) < 4.78 is 58.0. The van der Waals surface area contributed by atoms with Crippen LogP contribution in [-0.4, -0.2) is 79.0 Å². The first-order valence-electron chi connectivity index (χ1n) is 11.1. The van der Waals surface area contributed by atoms with Crippen LogP contribution in [-0.2, 0) is 10.9 Å². The largest absolute Gasteiger partial charge is 0.493 e. The van der Waals surface area contributed by atoms with Gasteiger partial charge in [0.2, 0.25) is 0 Å². The predicted molar refractivity (Wildman–Crippen MR) is 121 cm³/mol. The number of hydrogen-bond donors (Lipinski definition) is 1. The monoisotopic (exact) mass is 493 g/mol. The van der Waals surface area contributed by atoms with Crippen molar-refractivity contribution >= 4 is 11.6 Å². The number of ether oxygens (including phenoxy) is 3. The van der Waals surface area contributed by atoms with Gasteiger partial charge in [-0.1, -0.05) is 0 Å². The third-order valence-electron chi connectivity index (χ3n) is 5.73. The van der Waals surface area contributed by atoms with Crippen LogP contribution in [0.1, 0.15) is 22.5 Å². The molecule has 2 aromatic heterocycles. The first-order valence-corrected chi connectivity index (χ1v) is 11.1. The molecule has 0 bridgehead atoms. The lowest BCUT2D eigenvalue weighted by molar-refractivity contribution is -0.142. The standard InChI is InChI=1S/C23H26F3N5O4/c1-33-18-5-4-15(12-19(18)34-2)17-13-20(23(24,25)26)31-21(29-17)16(14-28-31)22(32)27-6-3-7-30-8-10-35-11-9-30/h4-5,12-14H,3,6-11H2,1-2H3,(H,27,32). The first kappa shape index (κ1) is 24.7. The summed E-state index contributed by atoms with van der Waals surface area (Å²) in [7, 11) is 2.89. The molecule has 0 radical (unpaired) electrons. The van der Waals surface area contributed by atoms with Gasteiger partial charge in [0.25, 0.3) is 5.91 Å². The van der Waals surface area contributed by atoms with Gasteiger partial charge in [0.1, 0.15) is 5.56 Å². The third-order valence-corrected chi connectivity index (χ3v) is 5.73. The van der Waals surface area contributed by atoms with E-state index in [1.807, 2.05) is 0 Å². The van der Waals surface area contributed by atoms with E-state index in [2.05, 4.69) is 20.3 Å². The summed E-state index contributed by atoms with van der Waals surface area (Å²) in [6, 6.07) is 5.57. The van der Waals surface area contributed by atoms with Gasteiger partial charge in [-0.2, -0.15) is 18.3 Å². The molecule has 1 saturated heterocycles. The Balaban J connectivity index is 1.61. The molecule has 0 unspecified atom stereocenters. The van der Waals surface area contributed by atoms with Crippen LogP contribution >= 0.6 is 0 Å². The molecule has 3 heterocycles. The third kappa shape index (κ3) is 5.49. The predicted octanol–water partition coefficient (Wildman–Crippen LogP) is 2.88. The van der Waals surface area contributed by atoms with Crippen LogP contribution in [0.2, 0.25) is 0 Å². The number of methoxy groups -OCH3 is 2. The quantitative estimate of drug-likeness (QED) is 0.483. The summed E-state index contributed by atoms with van der Waals surface area (Å²) in [5.74, 6) is 0.230. The number of alkyl halides is 3. The zero-order valence-electron chi connectivity index (χ0n) is 19.4. The summed E-state index contributed by atoms with van der Waals surface area (Å²) in [5, 5.41) is 6.57. The molecule has 12 heteroatoms. The second-order valence-corrected chi connectivity index (χ2v) is 7.95. The van der Waals surface area contributed by atoms with Crippen molar-refractivity contribution in [2.75, 3.05) is 53.6 Å². The molecule has 3 aromatic rings. The highest BCUT2D eigenvalue weighted by molar-refractivity contribution is 5.99. The number of amides is 1. The van der Waals surface area contributed by atoms with Crippen LogP contribution in [0.4, 0.5) is 13.2 Å². The number of morpholine rings is 1. The SMILES string of the molecule is COc1ccc(-c2cc(C(F)(F)F)n3ncc(C(=O)NCCCN4CCOCC4)c3n2)cc1OC. The lowest BCUT2D eigenvalue weighted by atomic mass is 10.1. The summed E-state index contributed by atoms with van der Waals surface area (Å²) in [6.07, 6.45) is -2.92. The maximum Gasteiger partial charge on any atom is 0.433 e. The van der Waals surface area contributed by atoms with Crippen LogP contribution in [0.15, 0.2) is 30.5 Å². The topological polar surface area (TPSA) is 90.2 Å². The molecule has 0 atom stereocenters. The Hall–Kier alpha value is -3.38. The second kappa shape index (κ2) is 10.5. The average Bonchev–Trinajstić information content (AvgIpc) is 3.29. The molecule has 1 N–H and O–H groups in total. The molecule has 1 fully saturated rings. The van der Waals surface area contributed by atoms with E-state index in [-0.39, 0.29) is 16.9 Å². The normalized spacial score (nSPS) is 14.8. The molecule has 0 aliphatic carbocycles. The molecule has 4 rings (SSSR count). The Morgan fingerprint density at radius 2 is 1.89 bits per heavy atom. The number of aromatic nitrogens is 3. The number of nitrogens with one attached hydrogen (secondary N) is 1. The molecule has 1 aliphatic heterocycles. The van der Waals surface area contributed by atoms with Crippen molar-refractivity contribution in [3.63, 3.8) is 0 Å². The van der Waals surface area contributed by atoms with Gasteiger partial charge in [0.15, 0.2) is 22.8 Å². The molecule has 1 amide bonds. The molecule has 188 valence electrons.